The molecule has 0 aliphatic rings. The number of methoxy groups -OCH3 is 1. The van der Waals surface area contributed by atoms with Crippen molar-refractivity contribution in [2.24, 2.45) is 0 Å². The molecular formula is C28H23ClN4O5. The van der Waals surface area contributed by atoms with Crippen LogP contribution in [0.5, 0.6) is 11.5 Å². The summed E-state index contributed by atoms with van der Waals surface area (Å²) in [6, 6.07) is 21.4. The van der Waals surface area contributed by atoms with Crippen LogP contribution in [-0.2, 0) is 4.74 Å². The highest BCUT2D eigenvalue weighted by Crippen LogP contribution is 2.37. The molecule has 4 rings (SSSR count). The molecule has 4 aromatic rings. The van der Waals surface area contributed by atoms with E-state index in [4.69, 9.17) is 26.3 Å². The maximum Gasteiger partial charge on any atom is 0.357 e. The molecule has 3 N–H and O–H groups in total. The molecule has 1 aromatic heterocycles. The fourth-order valence-corrected chi connectivity index (χ4v) is 4.18. The monoisotopic (exact) mass is 530 g/mol. The number of phenolic OH excluding ortho intramolecular Hbond substituents is 1. The van der Waals surface area contributed by atoms with Gasteiger partial charge in [-0.05, 0) is 48.9 Å². The van der Waals surface area contributed by atoms with Gasteiger partial charge in [0.15, 0.2) is 17.2 Å². The van der Waals surface area contributed by atoms with Gasteiger partial charge in [-0.3, -0.25) is 4.57 Å². The molecule has 192 valence electrons. The first-order valence-electron chi connectivity index (χ1n) is 11.5. The number of esters is 1. The highest BCUT2D eigenvalue weighted by atomic mass is 35.5. The highest BCUT2D eigenvalue weighted by Gasteiger charge is 2.24. The summed E-state index contributed by atoms with van der Waals surface area (Å²) in [5.41, 5.74) is 2.75. The van der Waals surface area contributed by atoms with Crippen molar-refractivity contribution in [2.45, 2.75) is 6.92 Å². The minimum Gasteiger partial charge on any atom is -0.504 e. The summed E-state index contributed by atoms with van der Waals surface area (Å²) >= 11 is 6.52. The van der Waals surface area contributed by atoms with Gasteiger partial charge in [-0.25, -0.2) is 9.59 Å². The lowest BCUT2D eigenvalue weighted by Gasteiger charge is -2.14. The Bertz CT molecular complexity index is 1540. The number of ether oxygens (including phenoxy) is 2. The minimum atomic E-state index is -0.685. The second kappa shape index (κ2) is 11.4. The molecule has 1 heterocycles. The lowest BCUT2D eigenvalue weighted by molar-refractivity contribution is 0.0518. The number of amides is 2. The van der Waals surface area contributed by atoms with E-state index in [0.717, 1.165) is 0 Å². The van der Waals surface area contributed by atoms with Gasteiger partial charge in [0.2, 0.25) is 0 Å². The van der Waals surface area contributed by atoms with Crippen LogP contribution in [0.15, 0.2) is 72.8 Å². The normalized spacial score (nSPS) is 10.4. The number of aromatic hydroxyl groups is 1. The van der Waals surface area contributed by atoms with Crippen LogP contribution in [-0.4, -0.2) is 35.4 Å². The molecule has 0 fully saturated rings. The number of aromatic nitrogens is 1. The van der Waals surface area contributed by atoms with Crippen molar-refractivity contribution in [1.29, 1.82) is 5.26 Å². The zero-order valence-electron chi connectivity index (χ0n) is 20.5. The second-order valence-corrected chi connectivity index (χ2v) is 8.35. The highest BCUT2D eigenvalue weighted by molar-refractivity contribution is 6.31. The van der Waals surface area contributed by atoms with Gasteiger partial charge in [-0.1, -0.05) is 41.9 Å². The van der Waals surface area contributed by atoms with Crippen molar-refractivity contribution in [2.75, 3.05) is 24.4 Å². The average Bonchev–Trinajstić information content (AvgIpc) is 3.24. The fraction of sp³-hybridized carbons (Fsp3) is 0.107. The number of nitrogens with zero attached hydrogens (tertiary/aromatic N) is 2. The Morgan fingerprint density at radius 1 is 1.05 bits per heavy atom. The van der Waals surface area contributed by atoms with Crippen LogP contribution in [0.4, 0.5) is 16.2 Å². The maximum absolute atomic E-state index is 12.9. The molecule has 0 saturated heterocycles. The first-order valence-corrected chi connectivity index (χ1v) is 11.9. The van der Waals surface area contributed by atoms with E-state index in [1.54, 1.807) is 67.6 Å². The molecule has 0 bridgehead atoms. The number of halogens is 1. The van der Waals surface area contributed by atoms with Gasteiger partial charge in [0.1, 0.15) is 5.15 Å². The fourth-order valence-electron chi connectivity index (χ4n) is 3.89. The van der Waals surface area contributed by atoms with Crippen molar-refractivity contribution in [1.82, 2.24) is 4.57 Å². The SMILES string of the molecule is CCOC(=O)c1c(NC(=O)Nc2cccc(C#N)c2)cc(Cl)n1-c1ccc(-c2cccc(OC)c2O)cc1. The van der Waals surface area contributed by atoms with E-state index in [0.29, 0.717) is 33.8 Å². The van der Waals surface area contributed by atoms with Crippen molar-refractivity contribution in [3.05, 3.63) is 89.2 Å². The Morgan fingerprint density at radius 3 is 2.47 bits per heavy atom. The summed E-state index contributed by atoms with van der Waals surface area (Å²) < 4.78 is 11.9. The third-order valence-electron chi connectivity index (χ3n) is 5.58. The number of benzene rings is 3. The van der Waals surface area contributed by atoms with E-state index in [9.17, 15) is 14.7 Å². The largest absolute Gasteiger partial charge is 0.504 e. The Balaban J connectivity index is 1.67. The molecule has 0 atom stereocenters. The molecule has 0 unspecified atom stereocenters. The number of hydrogen-bond donors (Lipinski definition) is 3. The molecule has 0 radical (unpaired) electrons. The third-order valence-corrected chi connectivity index (χ3v) is 5.86. The van der Waals surface area contributed by atoms with E-state index < -0.39 is 12.0 Å². The van der Waals surface area contributed by atoms with Crippen LogP contribution in [0.25, 0.3) is 16.8 Å². The Morgan fingerprint density at radius 2 is 1.79 bits per heavy atom. The molecular weight excluding hydrogens is 508 g/mol. The van der Waals surface area contributed by atoms with Crippen LogP contribution in [0.3, 0.4) is 0 Å². The lowest BCUT2D eigenvalue weighted by Crippen LogP contribution is -2.22. The first-order chi connectivity index (χ1) is 18.4. The number of carbonyl (C=O) groups excluding carboxylic acids is 2. The lowest BCUT2D eigenvalue weighted by atomic mass is 10.0. The summed E-state index contributed by atoms with van der Waals surface area (Å²) in [4.78, 5) is 25.7. The molecule has 38 heavy (non-hydrogen) atoms. The van der Waals surface area contributed by atoms with Crippen molar-refractivity contribution in [3.8, 4) is 34.4 Å². The molecule has 9 nitrogen and oxygen atoms in total. The predicted molar refractivity (Wildman–Crippen MR) is 144 cm³/mol. The third kappa shape index (κ3) is 5.40. The van der Waals surface area contributed by atoms with Crippen LogP contribution >= 0.6 is 11.6 Å². The summed E-state index contributed by atoms with van der Waals surface area (Å²) in [7, 11) is 1.47. The van der Waals surface area contributed by atoms with Crippen LogP contribution in [0, 0.1) is 11.3 Å². The summed E-state index contributed by atoms with van der Waals surface area (Å²) in [6.07, 6.45) is 0. The van der Waals surface area contributed by atoms with Gasteiger partial charge >= 0.3 is 12.0 Å². The zero-order valence-corrected chi connectivity index (χ0v) is 21.2. The van der Waals surface area contributed by atoms with Gasteiger partial charge in [0.05, 0.1) is 31.0 Å². The Hall–Kier alpha value is -4.94. The van der Waals surface area contributed by atoms with E-state index >= 15 is 0 Å². The molecule has 0 aliphatic heterocycles. The summed E-state index contributed by atoms with van der Waals surface area (Å²) in [6.45, 7) is 1.78. The number of rotatable bonds is 7. The maximum atomic E-state index is 12.9. The number of phenols is 1. The van der Waals surface area contributed by atoms with Gasteiger partial charge < -0.3 is 25.2 Å². The van der Waals surface area contributed by atoms with E-state index in [1.165, 1.54) is 23.8 Å². The molecule has 0 aliphatic carbocycles. The van der Waals surface area contributed by atoms with Crippen LogP contribution < -0.4 is 15.4 Å². The van der Waals surface area contributed by atoms with Crippen LogP contribution in [0.2, 0.25) is 5.15 Å². The smallest absolute Gasteiger partial charge is 0.357 e. The van der Waals surface area contributed by atoms with E-state index in [-0.39, 0.29) is 28.9 Å². The average molecular weight is 531 g/mol. The number of carbonyl (C=O) groups is 2. The number of para-hydroxylation sites is 1. The Labute approximate surface area is 223 Å². The molecule has 0 spiro atoms. The molecule has 0 saturated carbocycles. The zero-order chi connectivity index (χ0) is 27.2. The molecule has 2 amide bonds. The van der Waals surface area contributed by atoms with Crippen molar-refractivity contribution >= 4 is 35.0 Å². The van der Waals surface area contributed by atoms with Crippen molar-refractivity contribution < 1.29 is 24.2 Å². The molecule has 3 aromatic carbocycles. The van der Waals surface area contributed by atoms with E-state index in [1.807, 2.05) is 6.07 Å². The second-order valence-electron chi connectivity index (χ2n) is 7.96. The first kappa shape index (κ1) is 26.1. The number of urea groups is 1. The predicted octanol–water partition coefficient (Wildman–Crippen LogP) is 6.20. The quantitative estimate of drug-likeness (QED) is 0.244. The number of nitrogens with one attached hydrogen (secondary N) is 2. The Kier molecular flexibility index (Phi) is 7.85. The molecule has 10 heteroatoms. The number of hydrogen-bond acceptors (Lipinski definition) is 6. The van der Waals surface area contributed by atoms with Crippen molar-refractivity contribution in [3.63, 3.8) is 0 Å². The van der Waals surface area contributed by atoms with Gasteiger partial charge in [-0.15, -0.1) is 0 Å². The standard InChI is InChI=1S/C28H23ClN4O5/c1-3-38-27(35)25-22(32-28(36)31-19-7-4-6-17(14-19)16-30)15-24(29)33(25)20-12-10-18(11-13-20)21-8-5-9-23(37-2)26(21)34/h4-15,34H,3H2,1-2H3,(H2,31,32,36). The number of anilines is 2. The van der Waals surface area contributed by atoms with Gasteiger partial charge in [-0.2, -0.15) is 5.26 Å². The van der Waals surface area contributed by atoms with Gasteiger partial charge in [0, 0.05) is 23.0 Å². The van der Waals surface area contributed by atoms with E-state index in [2.05, 4.69) is 10.6 Å². The summed E-state index contributed by atoms with van der Waals surface area (Å²) in [5, 5.41) is 25.0. The topological polar surface area (TPSA) is 126 Å². The van der Waals surface area contributed by atoms with Crippen LogP contribution in [0.1, 0.15) is 23.0 Å². The number of nitriles is 1. The van der Waals surface area contributed by atoms with Gasteiger partial charge in [0.25, 0.3) is 0 Å². The minimum absolute atomic E-state index is 0.00626. The summed E-state index contributed by atoms with van der Waals surface area (Å²) in [5.74, 6) is -0.333.